The fourth-order valence-electron chi connectivity index (χ4n) is 2.59. The van der Waals surface area contributed by atoms with E-state index in [2.05, 4.69) is 0 Å². The van der Waals surface area contributed by atoms with Gasteiger partial charge >= 0.3 is 0 Å². The van der Waals surface area contributed by atoms with Crippen molar-refractivity contribution in [3.63, 3.8) is 0 Å². The van der Waals surface area contributed by atoms with Gasteiger partial charge in [-0.1, -0.05) is 36.8 Å². The summed E-state index contributed by atoms with van der Waals surface area (Å²) in [4.78, 5) is 0.288. The van der Waals surface area contributed by atoms with Crippen molar-refractivity contribution in [1.29, 1.82) is 0 Å². The number of hydrogen-bond donors (Lipinski definition) is 1. The standard InChI is InChI=1S/C14H20N2O2S2/c1-11-5-2-3-8-16(11)20(17,18)10-12-6-4-7-13(9-12)14(15)19/h4,6-7,9,11H,2-3,5,8,10H2,1H3,(H2,15,19). The maximum Gasteiger partial charge on any atom is 0.218 e. The van der Waals surface area contributed by atoms with Crippen molar-refractivity contribution in [2.45, 2.75) is 38.0 Å². The summed E-state index contributed by atoms with van der Waals surface area (Å²) in [5.74, 6) is 0.00773. The lowest BCUT2D eigenvalue weighted by Gasteiger charge is -2.32. The molecule has 1 saturated heterocycles. The first-order valence-corrected chi connectivity index (χ1v) is 8.80. The van der Waals surface area contributed by atoms with E-state index in [9.17, 15) is 8.42 Å². The third kappa shape index (κ3) is 3.56. The van der Waals surface area contributed by atoms with E-state index < -0.39 is 10.0 Å². The van der Waals surface area contributed by atoms with Crippen LogP contribution in [0.1, 0.15) is 37.3 Å². The van der Waals surface area contributed by atoms with Crippen LogP contribution in [0.25, 0.3) is 0 Å². The molecule has 1 aliphatic heterocycles. The van der Waals surface area contributed by atoms with Gasteiger partial charge in [0.1, 0.15) is 4.99 Å². The van der Waals surface area contributed by atoms with Crippen LogP contribution >= 0.6 is 12.2 Å². The highest BCUT2D eigenvalue weighted by molar-refractivity contribution is 7.88. The van der Waals surface area contributed by atoms with Crippen LogP contribution in [0.4, 0.5) is 0 Å². The van der Waals surface area contributed by atoms with Crippen LogP contribution in [0.15, 0.2) is 24.3 Å². The number of thiocarbonyl (C=S) groups is 1. The van der Waals surface area contributed by atoms with Crippen molar-refractivity contribution in [2.75, 3.05) is 6.54 Å². The van der Waals surface area contributed by atoms with E-state index in [1.165, 1.54) is 0 Å². The number of rotatable bonds is 4. The predicted octanol–water partition coefficient (Wildman–Crippen LogP) is 2.03. The van der Waals surface area contributed by atoms with Gasteiger partial charge in [0.15, 0.2) is 0 Å². The normalized spacial score (nSPS) is 20.8. The van der Waals surface area contributed by atoms with Crippen LogP contribution in [-0.2, 0) is 15.8 Å². The molecule has 110 valence electrons. The van der Waals surface area contributed by atoms with Crippen LogP contribution in [0.2, 0.25) is 0 Å². The molecule has 20 heavy (non-hydrogen) atoms. The number of nitrogens with two attached hydrogens (primary N) is 1. The van der Waals surface area contributed by atoms with Gasteiger partial charge in [-0.2, -0.15) is 4.31 Å². The zero-order valence-electron chi connectivity index (χ0n) is 11.6. The number of nitrogens with zero attached hydrogens (tertiary/aromatic N) is 1. The van der Waals surface area contributed by atoms with Crippen LogP contribution in [0.5, 0.6) is 0 Å². The van der Waals surface area contributed by atoms with Gasteiger partial charge in [0, 0.05) is 18.2 Å². The maximum absolute atomic E-state index is 12.5. The fourth-order valence-corrected chi connectivity index (χ4v) is 4.55. The molecule has 0 saturated carbocycles. The quantitative estimate of drug-likeness (QED) is 0.864. The molecule has 1 fully saturated rings. The predicted molar refractivity (Wildman–Crippen MR) is 85.0 cm³/mol. The molecule has 0 radical (unpaired) electrons. The SMILES string of the molecule is CC1CCCCN1S(=O)(=O)Cc1cccc(C(N)=S)c1. The molecule has 0 aliphatic carbocycles. The van der Waals surface area contributed by atoms with E-state index in [0.29, 0.717) is 12.1 Å². The molecule has 2 N–H and O–H groups in total. The minimum absolute atomic E-state index is 0.00773. The Balaban J connectivity index is 2.19. The van der Waals surface area contributed by atoms with Crippen LogP contribution in [0.3, 0.4) is 0 Å². The fraction of sp³-hybridized carbons (Fsp3) is 0.500. The molecule has 4 nitrogen and oxygen atoms in total. The van der Waals surface area contributed by atoms with Crippen molar-refractivity contribution in [2.24, 2.45) is 5.73 Å². The monoisotopic (exact) mass is 312 g/mol. The summed E-state index contributed by atoms with van der Waals surface area (Å²) in [5.41, 5.74) is 7.02. The molecule has 1 aromatic carbocycles. The van der Waals surface area contributed by atoms with E-state index in [4.69, 9.17) is 18.0 Å². The smallest absolute Gasteiger partial charge is 0.218 e. The minimum atomic E-state index is -3.28. The second kappa shape index (κ2) is 6.20. The van der Waals surface area contributed by atoms with E-state index in [1.807, 2.05) is 6.92 Å². The lowest BCUT2D eigenvalue weighted by Crippen LogP contribution is -2.42. The number of piperidine rings is 1. The summed E-state index contributed by atoms with van der Waals surface area (Å²) in [7, 11) is -3.28. The summed E-state index contributed by atoms with van der Waals surface area (Å²) in [6.45, 7) is 2.60. The third-order valence-electron chi connectivity index (χ3n) is 3.66. The Morgan fingerprint density at radius 2 is 2.20 bits per heavy atom. The highest BCUT2D eigenvalue weighted by Crippen LogP contribution is 2.22. The van der Waals surface area contributed by atoms with Gasteiger partial charge in [0.05, 0.1) is 5.75 Å². The summed E-state index contributed by atoms with van der Waals surface area (Å²) < 4.78 is 26.6. The Hall–Kier alpha value is -0.980. The molecule has 2 rings (SSSR count). The van der Waals surface area contributed by atoms with Crippen LogP contribution < -0.4 is 5.73 Å². The van der Waals surface area contributed by atoms with Gasteiger partial charge in [-0.3, -0.25) is 0 Å². The molecule has 1 heterocycles. The number of benzene rings is 1. The van der Waals surface area contributed by atoms with E-state index in [0.717, 1.165) is 24.8 Å². The summed E-state index contributed by atoms with van der Waals surface area (Å²) in [6.07, 6.45) is 2.98. The Morgan fingerprint density at radius 1 is 1.45 bits per heavy atom. The molecule has 1 atom stereocenters. The van der Waals surface area contributed by atoms with Gasteiger partial charge in [-0.05, 0) is 31.4 Å². The van der Waals surface area contributed by atoms with Gasteiger partial charge in [0.25, 0.3) is 0 Å². The highest BCUT2D eigenvalue weighted by atomic mass is 32.2. The number of sulfonamides is 1. The summed E-state index contributed by atoms with van der Waals surface area (Å²) >= 11 is 4.92. The number of hydrogen-bond acceptors (Lipinski definition) is 3. The van der Waals surface area contributed by atoms with Crippen molar-refractivity contribution in [1.82, 2.24) is 4.31 Å². The molecule has 1 aromatic rings. The average Bonchev–Trinajstić information content (AvgIpc) is 2.38. The van der Waals surface area contributed by atoms with E-state index in [1.54, 1.807) is 28.6 Å². The third-order valence-corrected chi connectivity index (χ3v) is 5.85. The second-order valence-electron chi connectivity index (χ2n) is 5.28. The van der Waals surface area contributed by atoms with Crippen LogP contribution in [0, 0.1) is 0 Å². The molecule has 1 unspecified atom stereocenters. The minimum Gasteiger partial charge on any atom is -0.389 e. The molecule has 0 aromatic heterocycles. The van der Waals surface area contributed by atoms with Gasteiger partial charge in [-0.15, -0.1) is 0 Å². The van der Waals surface area contributed by atoms with Gasteiger partial charge in [-0.25, -0.2) is 8.42 Å². The van der Waals surface area contributed by atoms with E-state index in [-0.39, 0.29) is 16.8 Å². The van der Waals surface area contributed by atoms with Gasteiger partial charge in [0.2, 0.25) is 10.0 Å². The average molecular weight is 312 g/mol. The molecule has 0 spiro atoms. The Kier molecular flexibility index (Phi) is 4.78. The van der Waals surface area contributed by atoms with Crippen molar-refractivity contribution in [3.05, 3.63) is 35.4 Å². The van der Waals surface area contributed by atoms with Crippen molar-refractivity contribution in [3.8, 4) is 0 Å². The Bertz CT molecular complexity index is 599. The first kappa shape index (κ1) is 15.4. The lowest BCUT2D eigenvalue weighted by atomic mass is 10.1. The summed E-state index contributed by atoms with van der Waals surface area (Å²) in [5, 5.41) is 0. The molecule has 0 bridgehead atoms. The molecule has 1 aliphatic rings. The topological polar surface area (TPSA) is 63.4 Å². The van der Waals surface area contributed by atoms with E-state index >= 15 is 0 Å². The van der Waals surface area contributed by atoms with Crippen LogP contribution in [-0.4, -0.2) is 30.3 Å². The maximum atomic E-state index is 12.5. The summed E-state index contributed by atoms with van der Waals surface area (Å²) in [6, 6.07) is 7.23. The molecular weight excluding hydrogens is 292 g/mol. The van der Waals surface area contributed by atoms with Crippen molar-refractivity contribution < 1.29 is 8.42 Å². The Morgan fingerprint density at radius 3 is 2.85 bits per heavy atom. The second-order valence-corrected chi connectivity index (χ2v) is 7.64. The molecule has 6 heteroatoms. The van der Waals surface area contributed by atoms with Gasteiger partial charge < -0.3 is 5.73 Å². The largest absolute Gasteiger partial charge is 0.389 e. The Labute approximate surface area is 126 Å². The molecular formula is C14H20N2O2S2. The first-order chi connectivity index (χ1) is 9.40. The molecule has 0 amide bonds. The zero-order valence-corrected chi connectivity index (χ0v) is 13.2. The zero-order chi connectivity index (χ0) is 14.8. The lowest BCUT2D eigenvalue weighted by molar-refractivity contribution is 0.268. The first-order valence-electron chi connectivity index (χ1n) is 6.78. The highest BCUT2D eigenvalue weighted by Gasteiger charge is 2.29. The van der Waals surface area contributed by atoms with Crippen molar-refractivity contribution >= 4 is 27.2 Å².